The molecule has 2 heterocycles. The second-order valence-corrected chi connectivity index (χ2v) is 9.89. The highest BCUT2D eigenvalue weighted by Gasteiger charge is 2.31. The van der Waals surface area contributed by atoms with Crippen molar-refractivity contribution < 1.29 is 0 Å². The average Bonchev–Trinajstić information content (AvgIpc) is 2.96. The largest absolute Gasteiger partial charge is 0.338 e. The lowest BCUT2D eigenvalue weighted by Gasteiger charge is -2.33. The quantitative estimate of drug-likeness (QED) is 0.503. The smallest absolute Gasteiger partial charge is 0.142 e. The molecule has 0 bridgehead atoms. The summed E-state index contributed by atoms with van der Waals surface area (Å²) in [7, 11) is 0. The first-order valence-corrected chi connectivity index (χ1v) is 10.4. The Morgan fingerprint density at radius 3 is 2.77 bits per heavy atom. The van der Waals surface area contributed by atoms with E-state index in [1.54, 1.807) is 29.8 Å². The van der Waals surface area contributed by atoms with E-state index in [9.17, 15) is 0 Å². The van der Waals surface area contributed by atoms with Gasteiger partial charge in [0.05, 0.1) is 16.1 Å². The first kappa shape index (κ1) is 18.0. The summed E-state index contributed by atoms with van der Waals surface area (Å²) < 4.78 is 0. The molecule has 0 saturated heterocycles. The Morgan fingerprint density at radius 2 is 2.00 bits per heavy atom. The minimum Gasteiger partial charge on any atom is -0.338 e. The molecule has 3 nitrogen and oxygen atoms in total. The fourth-order valence-electron chi connectivity index (χ4n) is 3.67. The maximum absolute atomic E-state index is 6.32. The van der Waals surface area contributed by atoms with Crippen molar-refractivity contribution in [2.45, 2.75) is 40.0 Å². The van der Waals surface area contributed by atoms with Gasteiger partial charge in [0.15, 0.2) is 0 Å². The zero-order valence-corrected chi connectivity index (χ0v) is 17.4. The van der Waals surface area contributed by atoms with Crippen molar-refractivity contribution in [1.29, 1.82) is 0 Å². The zero-order valence-electron chi connectivity index (χ0n) is 15.1. The number of anilines is 2. The fourth-order valence-corrected chi connectivity index (χ4v) is 5.27. The number of fused-ring (bicyclic) bond motifs is 3. The van der Waals surface area contributed by atoms with Gasteiger partial charge < -0.3 is 5.32 Å². The van der Waals surface area contributed by atoms with Crippen molar-refractivity contribution >= 4 is 56.3 Å². The minimum absolute atomic E-state index is 0.328. The molecule has 0 spiro atoms. The molecule has 136 valence electrons. The van der Waals surface area contributed by atoms with Crippen LogP contribution >= 0.6 is 34.5 Å². The van der Waals surface area contributed by atoms with Crippen LogP contribution in [-0.2, 0) is 12.8 Å². The number of thiophene rings is 1. The van der Waals surface area contributed by atoms with Gasteiger partial charge in [-0.1, -0.05) is 44.0 Å². The number of aryl methyl sites for hydroxylation is 1. The predicted octanol–water partition coefficient (Wildman–Crippen LogP) is 6.89. The van der Waals surface area contributed by atoms with Gasteiger partial charge in [-0.15, -0.1) is 11.3 Å². The predicted molar refractivity (Wildman–Crippen MR) is 112 cm³/mol. The van der Waals surface area contributed by atoms with Crippen LogP contribution in [0.2, 0.25) is 10.0 Å². The van der Waals surface area contributed by atoms with E-state index in [-0.39, 0.29) is 0 Å². The molecule has 1 atom stereocenters. The summed E-state index contributed by atoms with van der Waals surface area (Å²) in [5.74, 6) is 1.51. The summed E-state index contributed by atoms with van der Waals surface area (Å²) in [5, 5.41) is 5.77. The number of halogens is 2. The van der Waals surface area contributed by atoms with Crippen LogP contribution in [-0.4, -0.2) is 9.97 Å². The van der Waals surface area contributed by atoms with Gasteiger partial charge in [0.25, 0.3) is 0 Å². The van der Waals surface area contributed by atoms with Crippen LogP contribution in [0, 0.1) is 11.3 Å². The fraction of sp³-hybridized carbons (Fsp3) is 0.400. The van der Waals surface area contributed by atoms with E-state index in [0.29, 0.717) is 21.4 Å². The lowest BCUT2D eigenvalue weighted by Crippen LogP contribution is -2.26. The van der Waals surface area contributed by atoms with Crippen LogP contribution < -0.4 is 5.32 Å². The molecule has 1 aliphatic carbocycles. The first-order valence-electron chi connectivity index (χ1n) is 8.80. The Balaban J connectivity index is 1.76. The molecule has 0 aliphatic heterocycles. The molecule has 0 radical (unpaired) electrons. The maximum Gasteiger partial charge on any atom is 0.142 e. The molecule has 3 aromatic rings. The van der Waals surface area contributed by atoms with Gasteiger partial charge in [0.1, 0.15) is 17.0 Å². The third-order valence-corrected chi connectivity index (χ3v) is 6.98. The van der Waals surface area contributed by atoms with Crippen LogP contribution in [0.4, 0.5) is 11.5 Å². The third-order valence-electron chi connectivity index (χ3n) is 5.25. The number of rotatable bonds is 2. The SMILES string of the molecule is CC(C)(C)C1CCc2c(sc3ncnc(Nc4cc(Cl)ccc4Cl)c23)C1. The van der Waals surface area contributed by atoms with Crippen molar-refractivity contribution in [3.05, 3.63) is 45.0 Å². The highest BCUT2D eigenvalue weighted by molar-refractivity contribution is 7.19. The van der Waals surface area contributed by atoms with Crippen LogP contribution in [0.25, 0.3) is 10.2 Å². The molecule has 1 N–H and O–H groups in total. The topological polar surface area (TPSA) is 37.8 Å². The number of benzene rings is 1. The maximum atomic E-state index is 6.32. The van der Waals surface area contributed by atoms with Crippen LogP contribution in [0.5, 0.6) is 0 Å². The monoisotopic (exact) mass is 405 g/mol. The molecule has 4 rings (SSSR count). The lowest BCUT2D eigenvalue weighted by molar-refractivity contribution is 0.218. The third kappa shape index (κ3) is 3.30. The van der Waals surface area contributed by atoms with Crippen LogP contribution in [0.1, 0.15) is 37.6 Å². The van der Waals surface area contributed by atoms with Gasteiger partial charge >= 0.3 is 0 Å². The molecule has 0 amide bonds. The Kier molecular flexibility index (Phi) is 4.62. The highest BCUT2D eigenvalue weighted by atomic mass is 35.5. The number of nitrogens with one attached hydrogen (secondary N) is 1. The first-order chi connectivity index (χ1) is 12.3. The Labute approximate surface area is 167 Å². The van der Waals surface area contributed by atoms with E-state index in [4.69, 9.17) is 23.2 Å². The summed E-state index contributed by atoms with van der Waals surface area (Å²) >= 11 is 14.2. The lowest BCUT2D eigenvalue weighted by atomic mass is 9.72. The van der Waals surface area contributed by atoms with E-state index in [0.717, 1.165) is 34.6 Å². The second kappa shape index (κ2) is 6.66. The summed E-state index contributed by atoms with van der Waals surface area (Å²) in [5.41, 5.74) is 2.49. The second-order valence-electron chi connectivity index (χ2n) is 7.96. The summed E-state index contributed by atoms with van der Waals surface area (Å²) in [6.07, 6.45) is 5.01. The van der Waals surface area contributed by atoms with Gasteiger partial charge in [-0.05, 0) is 54.4 Å². The molecule has 1 aliphatic rings. The molecular weight excluding hydrogens is 385 g/mol. The van der Waals surface area contributed by atoms with E-state index < -0.39 is 0 Å². The van der Waals surface area contributed by atoms with E-state index in [1.165, 1.54) is 16.9 Å². The Morgan fingerprint density at radius 1 is 1.19 bits per heavy atom. The van der Waals surface area contributed by atoms with E-state index in [2.05, 4.69) is 36.1 Å². The molecule has 1 unspecified atom stereocenters. The summed E-state index contributed by atoms with van der Waals surface area (Å²) in [4.78, 5) is 11.5. The number of hydrogen-bond donors (Lipinski definition) is 1. The average molecular weight is 406 g/mol. The van der Waals surface area contributed by atoms with Gasteiger partial charge in [-0.3, -0.25) is 0 Å². The molecule has 26 heavy (non-hydrogen) atoms. The van der Waals surface area contributed by atoms with Crippen LogP contribution in [0.3, 0.4) is 0 Å². The molecule has 0 fully saturated rings. The molecule has 0 saturated carbocycles. The number of hydrogen-bond acceptors (Lipinski definition) is 4. The summed E-state index contributed by atoms with van der Waals surface area (Å²) in [6.45, 7) is 7.01. The molecule has 1 aromatic carbocycles. The number of nitrogens with zero attached hydrogens (tertiary/aromatic N) is 2. The summed E-state index contributed by atoms with van der Waals surface area (Å²) in [6, 6.07) is 5.40. The molecule has 2 aromatic heterocycles. The van der Waals surface area contributed by atoms with Crippen LogP contribution in [0.15, 0.2) is 24.5 Å². The molecule has 6 heteroatoms. The van der Waals surface area contributed by atoms with Crippen molar-refractivity contribution in [2.24, 2.45) is 11.3 Å². The van der Waals surface area contributed by atoms with Crippen molar-refractivity contribution in [2.75, 3.05) is 5.32 Å². The van der Waals surface area contributed by atoms with Crippen molar-refractivity contribution in [3.8, 4) is 0 Å². The minimum atomic E-state index is 0.328. The van der Waals surface area contributed by atoms with Gasteiger partial charge in [-0.2, -0.15) is 0 Å². The van der Waals surface area contributed by atoms with E-state index >= 15 is 0 Å². The van der Waals surface area contributed by atoms with Gasteiger partial charge in [0.2, 0.25) is 0 Å². The molecular formula is C20H21Cl2N3S. The highest BCUT2D eigenvalue weighted by Crippen LogP contribution is 2.44. The normalized spacial score (nSPS) is 17.3. The Hall–Kier alpha value is -1.36. The van der Waals surface area contributed by atoms with Gasteiger partial charge in [-0.25, -0.2) is 9.97 Å². The zero-order chi connectivity index (χ0) is 18.5. The van der Waals surface area contributed by atoms with Gasteiger partial charge in [0, 0.05) is 9.90 Å². The number of aromatic nitrogens is 2. The Bertz CT molecular complexity index is 975. The van der Waals surface area contributed by atoms with E-state index in [1.807, 2.05) is 6.07 Å². The van der Waals surface area contributed by atoms with Crippen molar-refractivity contribution in [3.63, 3.8) is 0 Å². The van der Waals surface area contributed by atoms with Crippen molar-refractivity contribution in [1.82, 2.24) is 9.97 Å². The standard InChI is InChI=1S/C20H21Cl2N3S/c1-20(2,3)11-4-6-13-16(8-11)26-19-17(13)18(23-10-24-19)25-15-9-12(21)5-7-14(15)22/h5,7,9-11H,4,6,8H2,1-3H3,(H,23,24,25).